The first-order chi connectivity index (χ1) is 15.7. The molecule has 5 nitrogen and oxygen atoms in total. The molecule has 1 N–H and O–H groups in total. The first kappa shape index (κ1) is 20.1. The number of nitrogens with one attached hydrogen (secondary N) is 1. The lowest BCUT2D eigenvalue weighted by Gasteiger charge is -2.14. The van der Waals surface area contributed by atoms with E-state index in [0.717, 1.165) is 22.6 Å². The van der Waals surface area contributed by atoms with E-state index in [1.165, 1.54) is 30.2 Å². The molecule has 5 rings (SSSR count). The van der Waals surface area contributed by atoms with Gasteiger partial charge >= 0.3 is 6.09 Å². The van der Waals surface area contributed by atoms with Gasteiger partial charge in [-0.25, -0.2) is 4.79 Å². The number of carbonyl (C=O) groups is 1. The molecule has 32 heavy (non-hydrogen) atoms. The van der Waals surface area contributed by atoms with Crippen LogP contribution in [0.2, 0.25) is 0 Å². The van der Waals surface area contributed by atoms with E-state index in [1.54, 1.807) is 0 Å². The monoisotopic (exact) mass is 424 g/mol. The standard InChI is InChI=1S/C27H24N2O3/c1-18(19-5-3-2-4-6-19)31-27(30)29-25-17-28-32-26(25)24-15-13-23(14-16-24)22-11-9-21(10-12-22)20-7-8-20/h2-6,9-18,20H,7-8H2,1H3,(H,29,30)/t18-/m1/s1. The molecule has 1 aromatic heterocycles. The van der Waals surface area contributed by atoms with Gasteiger partial charge in [-0.1, -0.05) is 84.0 Å². The highest BCUT2D eigenvalue weighted by Gasteiger charge is 2.23. The van der Waals surface area contributed by atoms with Crippen LogP contribution in [0.25, 0.3) is 22.5 Å². The number of benzene rings is 3. The van der Waals surface area contributed by atoms with Crippen LogP contribution in [0, 0.1) is 0 Å². The summed E-state index contributed by atoms with van der Waals surface area (Å²) in [6.07, 6.45) is 3.16. The van der Waals surface area contributed by atoms with Gasteiger partial charge in [0.1, 0.15) is 11.8 Å². The molecule has 0 bridgehead atoms. The Morgan fingerprint density at radius 1 is 0.938 bits per heavy atom. The van der Waals surface area contributed by atoms with Gasteiger partial charge in [0.15, 0.2) is 5.76 Å². The van der Waals surface area contributed by atoms with Crippen LogP contribution in [-0.4, -0.2) is 11.2 Å². The fourth-order valence-corrected chi connectivity index (χ4v) is 3.81. The molecule has 1 amide bonds. The lowest BCUT2D eigenvalue weighted by molar-refractivity contribution is 0.121. The number of aromatic nitrogens is 1. The second-order valence-electron chi connectivity index (χ2n) is 8.13. The van der Waals surface area contributed by atoms with E-state index >= 15 is 0 Å². The first-order valence-electron chi connectivity index (χ1n) is 10.9. The molecule has 0 spiro atoms. The summed E-state index contributed by atoms with van der Waals surface area (Å²) in [5, 5.41) is 6.60. The molecule has 1 aliphatic rings. The zero-order valence-corrected chi connectivity index (χ0v) is 17.8. The van der Waals surface area contributed by atoms with Gasteiger partial charge in [-0.2, -0.15) is 0 Å². The van der Waals surface area contributed by atoms with Crippen molar-refractivity contribution in [2.45, 2.75) is 31.8 Å². The van der Waals surface area contributed by atoms with E-state index in [9.17, 15) is 4.79 Å². The lowest BCUT2D eigenvalue weighted by atomic mass is 10.0. The quantitative estimate of drug-likeness (QED) is 0.356. The Balaban J connectivity index is 1.27. The van der Waals surface area contributed by atoms with Gasteiger partial charge in [-0.3, -0.25) is 5.32 Å². The SMILES string of the molecule is C[C@@H](OC(=O)Nc1cnoc1-c1ccc(-c2ccc(C3CC3)cc2)cc1)c1ccccc1. The minimum atomic E-state index is -0.557. The van der Waals surface area contributed by atoms with Crippen molar-refractivity contribution < 1.29 is 14.1 Å². The van der Waals surface area contributed by atoms with Crippen molar-refractivity contribution in [2.24, 2.45) is 0 Å². The van der Waals surface area contributed by atoms with Crippen molar-refractivity contribution in [3.8, 4) is 22.5 Å². The summed E-state index contributed by atoms with van der Waals surface area (Å²) < 4.78 is 10.9. The maximum absolute atomic E-state index is 12.4. The number of anilines is 1. The molecule has 1 heterocycles. The lowest BCUT2D eigenvalue weighted by Crippen LogP contribution is -2.16. The fourth-order valence-electron chi connectivity index (χ4n) is 3.81. The van der Waals surface area contributed by atoms with Gasteiger partial charge in [-0.15, -0.1) is 0 Å². The van der Waals surface area contributed by atoms with Crippen LogP contribution in [0.1, 0.15) is 42.9 Å². The molecule has 1 saturated carbocycles. The van der Waals surface area contributed by atoms with E-state index < -0.39 is 6.09 Å². The molecule has 0 unspecified atom stereocenters. The van der Waals surface area contributed by atoms with E-state index in [2.05, 4.69) is 34.7 Å². The number of hydrogen-bond acceptors (Lipinski definition) is 4. The Hall–Kier alpha value is -3.86. The van der Waals surface area contributed by atoms with Crippen molar-refractivity contribution in [3.63, 3.8) is 0 Å². The molecule has 1 atom stereocenters. The third-order valence-electron chi connectivity index (χ3n) is 5.80. The van der Waals surface area contributed by atoms with E-state index in [4.69, 9.17) is 9.26 Å². The predicted molar refractivity (Wildman–Crippen MR) is 124 cm³/mol. The van der Waals surface area contributed by atoms with Crippen LogP contribution in [0.3, 0.4) is 0 Å². The summed E-state index contributed by atoms with van der Waals surface area (Å²) in [4.78, 5) is 12.4. The summed E-state index contributed by atoms with van der Waals surface area (Å²) in [5.41, 5.74) is 5.95. The van der Waals surface area contributed by atoms with Gasteiger partial charge in [0.05, 0.1) is 6.20 Å². The molecule has 160 valence electrons. The van der Waals surface area contributed by atoms with E-state index in [-0.39, 0.29) is 6.10 Å². The molecule has 3 aromatic carbocycles. The third-order valence-corrected chi connectivity index (χ3v) is 5.80. The van der Waals surface area contributed by atoms with Crippen LogP contribution in [-0.2, 0) is 4.74 Å². The fraction of sp³-hybridized carbons (Fsp3) is 0.185. The molecule has 1 aliphatic carbocycles. The minimum Gasteiger partial charge on any atom is -0.441 e. The van der Waals surface area contributed by atoms with Gasteiger partial charge in [-0.05, 0) is 47.9 Å². The molecular formula is C27H24N2O3. The van der Waals surface area contributed by atoms with Crippen molar-refractivity contribution in [3.05, 3.63) is 96.2 Å². The van der Waals surface area contributed by atoms with Gasteiger partial charge in [0.2, 0.25) is 0 Å². The van der Waals surface area contributed by atoms with Gasteiger partial charge in [0, 0.05) is 5.56 Å². The number of carbonyl (C=O) groups excluding carboxylic acids is 1. The topological polar surface area (TPSA) is 64.4 Å². The third kappa shape index (κ3) is 4.42. The Bertz CT molecular complexity index is 1190. The van der Waals surface area contributed by atoms with Crippen molar-refractivity contribution >= 4 is 11.8 Å². The Morgan fingerprint density at radius 2 is 1.56 bits per heavy atom. The molecule has 0 saturated heterocycles. The second-order valence-corrected chi connectivity index (χ2v) is 8.13. The summed E-state index contributed by atoms with van der Waals surface area (Å²) in [6, 6.07) is 26.4. The highest BCUT2D eigenvalue weighted by molar-refractivity contribution is 5.89. The predicted octanol–water partition coefficient (Wildman–Crippen LogP) is 7.20. The Labute approximate surface area is 187 Å². The van der Waals surface area contributed by atoms with Crippen LogP contribution in [0.4, 0.5) is 10.5 Å². The maximum atomic E-state index is 12.4. The molecule has 1 fully saturated rings. The van der Waals surface area contributed by atoms with Crippen LogP contribution < -0.4 is 5.32 Å². The van der Waals surface area contributed by atoms with Crippen molar-refractivity contribution in [1.29, 1.82) is 0 Å². The van der Waals surface area contributed by atoms with E-state index in [1.807, 2.05) is 61.5 Å². The Morgan fingerprint density at radius 3 is 2.22 bits per heavy atom. The molecule has 0 aliphatic heterocycles. The van der Waals surface area contributed by atoms with Crippen LogP contribution in [0.15, 0.2) is 89.6 Å². The summed E-state index contributed by atoms with van der Waals surface area (Å²) in [6.45, 7) is 1.83. The van der Waals surface area contributed by atoms with Crippen LogP contribution >= 0.6 is 0 Å². The summed E-state index contributed by atoms with van der Waals surface area (Å²) in [7, 11) is 0. The average Bonchev–Trinajstić information content (AvgIpc) is 3.59. The van der Waals surface area contributed by atoms with Crippen molar-refractivity contribution in [2.75, 3.05) is 5.32 Å². The van der Waals surface area contributed by atoms with Crippen LogP contribution in [0.5, 0.6) is 0 Å². The highest BCUT2D eigenvalue weighted by Crippen LogP contribution is 2.40. The molecule has 5 heteroatoms. The van der Waals surface area contributed by atoms with Crippen molar-refractivity contribution in [1.82, 2.24) is 5.16 Å². The smallest absolute Gasteiger partial charge is 0.412 e. The van der Waals surface area contributed by atoms with E-state index in [0.29, 0.717) is 11.4 Å². The Kier molecular flexibility index (Phi) is 5.46. The number of amides is 1. The minimum absolute atomic E-state index is 0.370. The normalized spacial score (nSPS) is 14.0. The average molecular weight is 425 g/mol. The number of rotatable bonds is 6. The largest absolute Gasteiger partial charge is 0.441 e. The number of hydrogen-bond donors (Lipinski definition) is 1. The first-order valence-corrected chi connectivity index (χ1v) is 10.9. The molecule has 4 aromatic rings. The van der Waals surface area contributed by atoms with Gasteiger partial charge < -0.3 is 9.26 Å². The molecule has 0 radical (unpaired) electrons. The zero-order chi connectivity index (χ0) is 21.9. The number of nitrogens with zero attached hydrogens (tertiary/aromatic N) is 1. The van der Waals surface area contributed by atoms with Gasteiger partial charge in [0.25, 0.3) is 0 Å². The highest BCUT2D eigenvalue weighted by atomic mass is 16.6. The zero-order valence-electron chi connectivity index (χ0n) is 17.8. The second kappa shape index (κ2) is 8.71. The molecular weight excluding hydrogens is 400 g/mol. The maximum Gasteiger partial charge on any atom is 0.412 e. The summed E-state index contributed by atoms with van der Waals surface area (Å²) >= 11 is 0. The number of ether oxygens (including phenoxy) is 1. The summed E-state index contributed by atoms with van der Waals surface area (Å²) in [5.74, 6) is 1.25.